The molecule has 0 aliphatic carbocycles. The molecule has 1 atom stereocenters. The second kappa shape index (κ2) is 8.73. The van der Waals surface area contributed by atoms with E-state index in [1.165, 1.54) is 11.3 Å². The molecule has 1 aromatic rings. The van der Waals surface area contributed by atoms with Crippen LogP contribution in [0.3, 0.4) is 0 Å². The number of ether oxygens (including phenoxy) is 1. The minimum atomic E-state index is 0.431. The first kappa shape index (κ1) is 15.7. The van der Waals surface area contributed by atoms with Gasteiger partial charge in [-0.25, -0.2) is 0 Å². The highest BCUT2D eigenvalue weighted by Gasteiger charge is 2.08. The number of benzene rings is 1. The maximum atomic E-state index is 5.15. The standard InChI is InChI=1S/C16H26N2O/c1-5-11-18(12-13-19-4)15-9-7-14(8-10-15)16(6-2)17-3/h5,7-10,16-17H,1,6,11-13H2,2-4H3. The Morgan fingerprint density at radius 3 is 2.53 bits per heavy atom. The fraction of sp³-hybridized carbons (Fsp3) is 0.500. The highest BCUT2D eigenvalue weighted by molar-refractivity contribution is 5.48. The Balaban J connectivity index is 2.78. The summed E-state index contributed by atoms with van der Waals surface area (Å²) in [5.41, 5.74) is 2.55. The summed E-state index contributed by atoms with van der Waals surface area (Å²) in [6, 6.07) is 9.18. The third-order valence-corrected chi connectivity index (χ3v) is 3.33. The van der Waals surface area contributed by atoms with Crippen LogP contribution in [-0.2, 0) is 4.74 Å². The summed E-state index contributed by atoms with van der Waals surface area (Å²) in [6.45, 7) is 8.45. The summed E-state index contributed by atoms with van der Waals surface area (Å²) >= 11 is 0. The first-order chi connectivity index (χ1) is 9.26. The molecular weight excluding hydrogens is 236 g/mol. The summed E-state index contributed by atoms with van der Waals surface area (Å²) in [6.07, 6.45) is 3.02. The molecule has 0 fully saturated rings. The van der Waals surface area contributed by atoms with Gasteiger partial charge in [0.15, 0.2) is 0 Å². The molecule has 0 saturated heterocycles. The van der Waals surface area contributed by atoms with E-state index in [2.05, 4.69) is 48.0 Å². The molecule has 1 rings (SSSR count). The molecule has 0 spiro atoms. The predicted molar refractivity (Wildman–Crippen MR) is 82.8 cm³/mol. The Hall–Kier alpha value is -1.32. The third-order valence-electron chi connectivity index (χ3n) is 3.33. The molecule has 0 saturated carbocycles. The van der Waals surface area contributed by atoms with Crippen LogP contribution in [0.4, 0.5) is 5.69 Å². The Kier molecular flexibility index (Phi) is 7.23. The highest BCUT2D eigenvalue weighted by Crippen LogP contribution is 2.21. The number of rotatable bonds is 9. The van der Waals surface area contributed by atoms with Gasteiger partial charge in [-0.3, -0.25) is 0 Å². The molecule has 3 nitrogen and oxygen atoms in total. The van der Waals surface area contributed by atoms with Crippen LogP contribution in [0.1, 0.15) is 24.9 Å². The summed E-state index contributed by atoms with van der Waals surface area (Å²) in [5, 5.41) is 3.33. The van der Waals surface area contributed by atoms with Crippen LogP contribution >= 0.6 is 0 Å². The normalized spacial score (nSPS) is 12.2. The quantitative estimate of drug-likeness (QED) is 0.692. The first-order valence-corrected chi connectivity index (χ1v) is 6.88. The fourth-order valence-corrected chi connectivity index (χ4v) is 2.21. The van der Waals surface area contributed by atoms with E-state index in [0.717, 1.165) is 26.1 Å². The van der Waals surface area contributed by atoms with Crippen LogP contribution in [0.25, 0.3) is 0 Å². The van der Waals surface area contributed by atoms with Crippen molar-refractivity contribution in [3.63, 3.8) is 0 Å². The van der Waals surface area contributed by atoms with Gasteiger partial charge in [0.2, 0.25) is 0 Å². The summed E-state index contributed by atoms with van der Waals surface area (Å²) < 4.78 is 5.15. The SMILES string of the molecule is C=CCN(CCOC)c1ccc(C(CC)NC)cc1. The number of methoxy groups -OCH3 is 1. The molecule has 0 heterocycles. The first-order valence-electron chi connectivity index (χ1n) is 6.88. The second-order valence-electron chi connectivity index (χ2n) is 4.57. The number of hydrogen-bond donors (Lipinski definition) is 1. The molecule has 3 heteroatoms. The fourth-order valence-electron chi connectivity index (χ4n) is 2.21. The number of hydrogen-bond acceptors (Lipinski definition) is 3. The molecule has 1 aromatic carbocycles. The second-order valence-corrected chi connectivity index (χ2v) is 4.57. The van der Waals surface area contributed by atoms with E-state index in [-0.39, 0.29) is 0 Å². The maximum absolute atomic E-state index is 5.15. The molecule has 19 heavy (non-hydrogen) atoms. The van der Waals surface area contributed by atoms with Crippen molar-refractivity contribution in [1.82, 2.24) is 5.32 Å². The van der Waals surface area contributed by atoms with Gasteiger partial charge < -0.3 is 15.0 Å². The van der Waals surface area contributed by atoms with Crippen molar-refractivity contribution in [2.75, 3.05) is 38.8 Å². The van der Waals surface area contributed by atoms with Crippen LogP contribution in [0.15, 0.2) is 36.9 Å². The van der Waals surface area contributed by atoms with Gasteiger partial charge >= 0.3 is 0 Å². The van der Waals surface area contributed by atoms with Crippen LogP contribution in [0.5, 0.6) is 0 Å². The number of nitrogens with zero attached hydrogens (tertiary/aromatic N) is 1. The molecule has 0 bridgehead atoms. The Bertz CT molecular complexity index is 358. The van der Waals surface area contributed by atoms with E-state index in [1.54, 1.807) is 7.11 Å². The minimum Gasteiger partial charge on any atom is -0.383 e. The van der Waals surface area contributed by atoms with Gasteiger partial charge in [-0.15, -0.1) is 6.58 Å². The monoisotopic (exact) mass is 262 g/mol. The van der Waals surface area contributed by atoms with E-state index in [1.807, 2.05) is 13.1 Å². The van der Waals surface area contributed by atoms with Crippen molar-refractivity contribution in [3.05, 3.63) is 42.5 Å². The van der Waals surface area contributed by atoms with Gasteiger partial charge in [0, 0.05) is 31.9 Å². The van der Waals surface area contributed by atoms with E-state index in [4.69, 9.17) is 4.74 Å². The molecule has 0 aliphatic heterocycles. The Morgan fingerprint density at radius 2 is 2.05 bits per heavy atom. The summed E-state index contributed by atoms with van der Waals surface area (Å²) in [5.74, 6) is 0. The molecule has 0 amide bonds. The van der Waals surface area contributed by atoms with E-state index in [0.29, 0.717) is 6.04 Å². The number of nitrogens with one attached hydrogen (secondary N) is 1. The molecular formula is C16H26N2O. The molecule has 106 valence electrons. The van der Waals surface area contributed by atoms with Gasteiger partial charge in [0.05, 0.1) is 6.61 Å². The predicted octanol–water partition coefficient (Wildman–Crippen LogP) is 3.00. The highest BCUT2D eigenvalue weighted by atomic mass is 16.5. The lowest BCUT2D eigenvalue weighted by Crippen LogP contribution is -2.27. The van der Waals surface area contributed by atoms with Crippen molar-refractivity contribution < 1.29 is 4.74 Å². The zero-order chi connectivity index (χ0) is 14.1. The van der Waals surface area contributed by atoms with Gasteiger partial charge in [0.25, 0.3) is 0 Å². The zero-order valence-electron chi connectivity index (χ0n) is 12.4. The van der Waals surface area contributed by atoms with E-state index < -0.39 is 0 Å². The lowest BCUT2D eigenvalue weighted by molar-refractivity contribution is 0.206. The molecule has 0 aromatic heterocycles. The van der Waals surface area contributed by atoms with Crippen molar-refractivity contribution in [1.29, 1.82) is 0 Å². The molecule has 0 radical (unpaired) electrons. The average Bonchev–Trinajstić information content (AvgIpc) is 2.45. The van der Waals surface area contributed by atoms with Crippen LogP contribution in [0.2, 0.25) is 0 Å². The topological polar surface area (TPSA) is 24.5 Å². The minimum absolute atomic E-state index is 0.431. The summed E-state index contributed by atoms with van der Waals surface area (Å²) in [4.78, 5) is 2.26. The van der Waals surface area contributed by atoms with Gasteiger partial charge in [0.1, 0.15) is 0 Å². The smallest absolute Gasteiger partial charge is 0.0637 e. The largest absolute Gasteiger partial charge is 0.383 e. The third kappa shape index (κ3) is 4.69. The van der Waals surface area contributed by atoms with Crippen LogP contribution < -0.4 is 10.2 Å². The molecule has 0 aliphatic rings. The van der Waals surface area contributed by atoms with Crippen molar-refractivity contribution in [2.45, 2.75) is 19.4 Å². The van der Waals surface area contributed by atoms with Gasteiger partial charge in [-0.05, 0) is 31.2 Å². The van der Waals surface area contributed by atoms with Crippen molar-refractivity contribution in [2.24, 2.45) is 0 Å². The van der Waals surface area contributed by atoms with Crippen LogP contribution in [-0.4, -0.2) is 33.9 Å². The van der Waals surface area contributed by atoms with Crippen LogP contribution in [0, 0.1) is 0 Å². The lowest BCUT2D eigenvalue weighted by Gasteiger charge is -2.24. The van der Waals surface area contributed by atoms with Crippen molar-refractivity contribution >= 4 is 5.69 Å². The summed E-state index contributed by atoms with van der Waals surface area (Å²) in [7, 11) is 3.73. The Labute approximate surface area is 117 Å². The molecule has 1 unspecified atom stereocenters. The van der Waals surface area contributed by atoms with Crippen molar-refractivity contribution in [3.8, 4) is 0 Å². The molecule has 1 N–H and O–H groups in total. The number of anilines is 1. The van der Waals surface area contributed by atoms with Gasteiger partial charge in [-0.2, -0.15) is 0 Å². The average molecular weight is 262 g/mol. The lowest BCUT2D eigenvalue weighted by atomic mass is 10.0. The maximum Gasteiger partial charge on any atom is 0.0637 e. The zero-order valence-corrected chi connectivity index (χ0v) is 12.4. The van der Waals surface area contributed by atoms with E-state index >= 15 is 0 Å². The van der Waals surface area contributed by atoms with E-state index in [9.17, 15) is 0 Å². The van der Waals surface area contributed by atoms with Gasteiger partial charge in [-0.1, -0.05) is 25.1 Å². The Morgan fingerprint density at radius 1 is 1.37 bits per heavy atom.